The average molecular weight is 296 g/mol. The first kappa shape index (κ1) is 16.8. The summed E-state index contributed by atoms with van der Waals surface area (Å²) < 4.78 is 0. The summed E-state index contributed by atoms with van der Waals surface area (Å²) in [5.41, 5.74) is 0. The van der Waals surface area contributed by atoms with Crippen molar-refractivity contribution >= 4 is 5.97 Å². The SMILES string of the molecule is CCCC1CCC(NC2CC(N(CC)CC(=O)O)C2)CC1. The molecule has 0 aromatic heterocycles. The summed E-state index contributed by atoms with van der Waals surface area (Å²) in [7, 11) is 0. The summed E-state index contributed by atoms with van der Waals surface area (Å²) in [5, 5.41) is 12.7. The summed E-state index contributed by atoms with van der Waals surface area (Å²) >= 11 is 0. The molecule has 0 radical (unpaired) electrons. The Morgan fingerprint density at radius 1 is 1.14 bits per heavy atom. The third-order valence-electron chi connectivity index (χ3n) is 5.39. The fourth-order valence-corrected chi connectivity index (χ4v) is 4.05. The Morgan fingerprint density at radius 2 is 1.81 bits per heavy atom. The van der Waals surface area contributed by atoms with E-state index in [4.69, 9.17) is 5.11 Å². The summed E-state index contributed by atoms with van der Waals surface area (Å²) in [5.74, 6) is 0.260. The molecule has 0 aromatic rings. The lowest BCUT2D eigenvalue weighted by atomic mass is 9.80. The van der Waals surface area contributed by atoms with Gasteiger partial charge in [-0.2, -0.15) is 0 Å². The van der Waals surface area contributed by atoms with Gasteiger partial charge in [0.05, 0.1) is 6.54 Å². The zero-order valence-electron chi connectivity index (χ0n) is 13.7. The summed E-state index contributed by atoms with van der Waals surface area (Å²) in [6.45, 7) is 5.37. The number of aliphatic carboxylic acids is 1. The van der Waals surface area contributed by atoms with Crippen LogP contribution in [0.4, 0.5) is 0 Å². The van der Waals surface area contributed by atoms with Crippen molar-refractivity contribution in [2.45, 2.75) is 83.3 Å². The molecule has 21 heavy (non-hydrogen) atoms. The molecule has 122 valence electrons. The molecule has 0 amide bonds. The highest BCUT2D eigenvalue weighted by Crippen LogP contribution is 2.31. The summed E-state index contributed by atoms with van der Waals surface area (Å²) in [4.78, 5) is 12.9. The molecule has 4 heteroatoms. The molecule has 4 nitrogen and oxygen atoms in total. The minimum Gasteiger partial charge on any atom is -0.480 e. The van der Waals surface area contributed by atoms with Crippen molar-refractivity contribution in [3.63, 3.8) is 0 Å². The van der Waals surface area contributed by atoms with Crippen LogP contribution in [0.1, 0.15) is 65.2 Å². The van der Waals surface area contributed by atoms with Crippen LogP contribution < -0.4 is 5.32 Å². The van der Waals surface area contributed by atoms with E-state index in [9.17, 15) is 4.79 Å². The molecule has 0 unspecified atom stereocenters. The number of carboxylic acid groups (broad SMARTS) is 1. The third kappa shape index (κ3) is 4.96. The van der Waals surface area contributed by atoms with Gasteiger partial charge in [0.2, 0.25) is 0 Å². The van der Waals surface area contributed by atoms with E-state index in [1.165, 1.54) is 38.5 Å². The van der Waals surface area contributed by atoms with E-state index in [1.54, 1.807) is 0 Å². The van der Waals surface area contributed by atoms with E-state index in [0.717, 1.165) is 25.3 Å². The predicted molar refractivity (Wildman–Crippen MR) is 85.5 cm³/mol. The monoisotopic (exact) mass is 296 g/mol. The Kier molecular flexibility index (Phi) is 6.49. The van der Waals surface area contributed by atoms with Gasteiger partial charge in [-0.15, -0.1) is 0 Å². The van der Waals surface area contributed by atoms with Crippen LogP contribution in [-0.4, -0.2) is 47.2 Å². The summed E-state index contributed by atoms with van der Waals surface area (Å²) in [6, 6.07) is 1.80. The number of nitrogens with zero attached hydrogens (tertiary/aromatic N) is 1. The maximum absolute atomic E-state index is 10.8. The number of carboxylic acids is 1. The van der Waals surface area contributed by atoms with Crippen LogP contribution in [0.25, 0.3) is 0 Å². The fraction of sp³-hybridized carbons (Fsp3) is 0.941. The van der Waals surface area contributed by atoms with Crippen molar-refractivity contribution in [1.82, 2.24) is 10.2 Å². The minimum atomic E-state index is -0.706. The first-order valence-corrected chi connectivity index (χ1v) is 8.84. The molecule has 2 saturated carbocycles. The molecule has 0 saturated heterocycles. The molecular formula is C17H32N2O2. The van der Waals surface area contributed by atoms with Crippen molar-refractivity contribution < 1.29 is 9.90 Å². The Morgan fingerprint density at radius 3 is 2.33 bits per heavy atom. The van der Waals surface area contributed by atoms with Gasteiger partial charge in [-0.05, 0) is 51.0 Å². The van der Waals surface area contributed by atoms with E-state index in [0.29, 0.717) is 18.1 Å². The van der Waals surface area contributed by atoms with Gasteiger partial charge in [-0.3, -0.25) is 9.69 Å². The molecule has 2 N–H and O–H groups in total. The van der Waals surface area contributed by atoms with Gasteiger partial charge in [0.1, 0.15) is 0 Å². The van der Waals surface area contributed by atoms with Gasteiger partial charge in [0.15, 0.2) is 0 Å². The second kappa shape index (κ2) is 8.14. The standard InChI is InChI=1S/C17H32N2O2/c1-3-5-13-6-8-14(9-7-13)18-15-10-16(11-15)19(4-2)12-17(20)21/h13-16,18H,3-12H2,1-2H3,(H,20,21). The Labute approximate surface area is 129 Å². The van der Waals surface area contributed by atoms with Gasteiger partial charge < -0.3 is 10.4 Å². The number of carbonyl (C=O) groups is 1. The molecule has 2 aliphatic rings. The van der Waals surface area contributed by atoms with Crippen molar-refractivity contribution in [3.8, 4) is 0 Å². The van der Waals surface area contributed by atoms with Crippen molar-refractivity contribution in [3.05, 3.63) is 0 Å². The fourth-order valence-electron chi connectivity index (χ4n) is 4.05. The number of hydrogen-bond acceptors (Lipinski definition) is 3. The lowest BCUT2D eigenvalue weighted by molar-refractivity contribution is -0.139. The average Bonchev–Trinajstić information content (AvgIpc) is 2.42. The molecule has 0 spiro atoms. The highest BCUT2D eigenvalue weighted by atomic mass is 16.4. The van der Waals surface area contributed by atoms with Gasteiger partial charge in [0.25, 0.3) is 0 Å². The van der Waals surface area contributed by atoms with E-state index < -0.39 is 5.97 Å². The van der Waals surface area contributed by atoms with E-state index in [2.05, 4.69) is 24.1 Å². The number of nitrogens with one attached hydrogen (secondary N) is 1. The molecule has 2 fully saturated rings. The topological polar surface area (TPSA) is 52.6 Å². The zero-order valence-corrected chi connectivity index (χ0v) is 13.7. The van der Waals surface area contributed by atoms with Gasteiger partial charge >= 0.3 is 5.97 Å². The molecule has 0 aliphatic heterocycles. The van der Waals surface area contributed by atoms with Crippen LogP contribution in [-0.2, 0) is 4.79 Å². The molecule has 0 bridgehead atoms. The smallest absolute Gasteiger partial charge is 0.317 e. The van der Waals surface area contributed by atoms with E-state index in [1.807, 2.05) is 0 Å². The van der Waals surface area contributed by atoms with Crippen molar-refractivity contribution in [2.24, 2.45) is 5.92 Å². The van der Waals surface area contributed by atoms with Gasteiger partial charge in [0, 0.05) is 18.1 Å². The Hall–Kier alpha value is -0.610. The third-order valence-corrected chi connectivity index (χ3v) is 5.39. The van der Waals surface area contributed by atoms with Crippen LogP contribution in [0, 0.1) is 5.92 Å². The highest BCUT2D eigenvalue weighted by Gasteiger charge is 2.35. The summed E-state index contributed by atoms with van der Waals surface area (Å²) in [6.07, 6.45) is 10.4. The molecule has 2 rings (SSSR count). The normalized spacial score (nSPS) is 32.9. The van der Waals surface area contributed by atoms with Gasteiger partial charge in [-0.25, -0.2) is 0 Å². The number of rotatable bonds is 8. The van der Waals surface area contributed by atoms with Crippen LogP contribution in [0.2, 0.25) is 0 Å². The van der Waals surface area contributed by atoms with Crippen LogP contribution in [0.3, 0.4) is 0 Å². The largest absolute Gasteiger partial charge is 0.480 e. The lowest BCUT2D eigenvalue weighted by Gasteiger charge is -2.44. The first-order valence-electron chi connectivity index (χ1n) is 8.84. The van der Waals surface area contributed by atoms with Crippen molar-refractivity contribution in [2.75, 3.05) is 13.1 Å². The Bertz CT molecular complexity index is 321. The molecular weight excluding hydrogens is 264 g/mol. The van der Waals surface area contributed by atoms with Crippen LogP contribution in [0.5, 0.6) is 0 Å². The maximum atomic E-state index is 10.8. The quantitative estimate of drug-likeness (QED) is 0.723. The number of hydrogen-bond donors (Lipinski definition) is 2. The predicted octanol–water partition coefficient (Wildman–Crippen LogP) is 2.87. The molecule has 0 heterocycles. The van der Waals surface area contributed by atoms with Crippen LogP contribution >= 0.6 is 0 Å². The zero-order chi connectivity index (χ0) is 15.2. The number of likely N-dealkylation sites (N-methyl/N-ethyl adjacent to an activating group) is 1. The van der Waals surface area contributed by atoms with E-state index >= 15 is 0 Å². The second-order valence-electron chi connectivity index (χ2n) is 6.95. The Balaban J connectivity index is 1.63. The molecule has 0 aromatic carbocycles. The van der Waals surface area contributed by atoms with Crippen LogP contribution in [0.15, 0.2) is 0 Å². The van der Waals surface area contributed by atoms with Gasteiger partial charge in [-0.1, -0.05) is 26.7 Å². The lowest BCUT2D eigenvalue weighted by Crippen LogP contribution is -2.56. The molecule has 2 aliphatic carbocycles. The van der Waals surface area contributed by atoms with Crippen molar-refractivity contribution in [1.29, 1.82) is 0 Å². The molecule has 0 atom stereocenters. The first-order chi connectivity index (χ1) is 10.1. The maximum Gasteiger partial charge on any atom is 0.317 e. The minimum absolute atomic E-state index is 0.190. The second-order valence-corrected chi connectivity index (χ2v) is 6.95. The highest BCUT2D eigenvalue weighted by molar-refractivity contribution is 5.69. The van der Waals surface area contributed by atoms with E-state index in [-0.39, 0.29) is 6.54 Å².